The number of ether oxygens (including phenoxy) is 1. The van der Waals surface area contributed by atoms with Crippen LogP contribution in [-0.4, -0.2) is 11.6 Å². The first-order valence-electron chi connectivity index (χ1n) is 3.93. The predicted molar refractivity (Wildman–Crippen MR) is 52.3 cm³/mol. The number of rotatable bonds is 3. The number of hydrogen-bond acceptors (Lipinski definition) is 2. The molecule has 0 atom stereocenters. The molecule has 0 spiro atoms. The SMILES string of the molecule is CC(C)COc1cccnc1Br. The molecule has 2 nitrogen and oxygen atoms in total. The van der Waals surface area contributed by atoms with E-state index in [1.807, 2.05) is 12.1 Å². The lowest BCUT2D eigenvalue weighted by molar-refractivity contribution is 0.268. The third kappa shape index (κ3) is 2.81. The van der Waals surface area contributed by atoms with Gasteiger partial charge < -0.3 is 4.74 Å². The van der Waals surface area contributed by atoms with E-state index in [1.165, 1.54) is 0 Å². The minimum Gasteiger partial charge on any atom is -0.490 e. The third-order valence-corrected chi connectivity index (χ3v) is 1.89. The van der Waals surface area contributed by atoms with Gasteiger partial charge in [-0.1, -0.05) is 13.8 Å². The average molecular weight is 230 g/mol. The second-order valence-corrected chi connectivity index (χ2v) is 3.75. The van der Waals surface area contributed by atoms with Crippen molar-refractivity contribution in [2.75, 3.05) is 6.61 Å². The van der Waals surface area contributed by atoms with Crippen molar-refractivity contribution in [2.24, 2.45) is 5.92 Å². The molecule has 3 heteroatoms. The molecular formula is C9H12BrNO. The monoisotopic (exact) mass is 229 g/mol. The maximum atomic E-state index is 5.49. The lowest BCUT2D eigenvalue weighted by Crippen LogP contribution is -2.04. The zero-order valence-electron chi connectivity index (χ0n) is 7.25. The Balaban J connectivity index is 2.57. The lowest BCUT2D eigenvalue weighted by Gasteiger charge is -2.08. The first-order valence-corrected chi connectivity index (χ1v) is 4.72. The summed E-state index contributed by atoms with van der Waals surface area (Å²) in [5, 5.41) is 0. The molecule has 0 fully saturated rings. The Morgan fingerprint density at radius 3 is 2.92 bits per heavy atom. The van der Waals surface area contributed by atoms with Gasteiger partial charge in [-0.2, -0.15) is 0 Å². The van der Waals surface area contributed by atoms with Crippen molar-refractivity contribution < 1.29 is 4.74 Å². The summed E-state index contributed by atoms with van der Waals surface area (Å²) in [6, 6.07) is 3.76. The molecule has 0 amide bonds. The molecular weight excluding hydrogens is 218 g/mol. The van der Waals surface area contributed by atoms with Gasteiger partial charge in [-0.25, -0.2) is 4.98 Å². The van der Waals surface area contributed by atoms with Gasteiger partial charge in [0.2, 0.25) is 0 Å². The molecule has 0 aliphatic carbocycles. The lowest BCUT2D eigenvalue weighted by atomic mass is 10.2. The molecule has 0 bridgehead atoms. The van der Waals surface area contributed by atoms with Crippen molar-refractivity contribution >= 4 is 15.9 Å². The van der Waals surface area contributed by atoms with Crippen molar-refractivity contribution in [3.63, 3.8) is 0 Å². The molecule has 0 saturated carbocycles. The van der Waals surface area contributed by atoms with Crippen LogP contribution in [-0.2, 0) is 0 Å². The van der Waals surface area contributed by atoms with E-state index < -0.39 is 0 Å². The van der Waals surface area contributed by atoms with Gasteiger partial charge in [-0.15, -0.1) is 0 Å². The molecule has 0 saturated heterocycles. The summed E-state index contributed by atoms with van der Waals surface area (Å²) in [4.78, 5) is 4.05. The Morgan fingerprint density at radius 1 is 1.58 bits per heavy atom. The van der Waals surface area contributed by atoms with Crippen molar-refractivity contribution in [1.29, 1.82) is 0 Å². The molecule has 0 N–H and O–H groups in total. The number of halogens is 1. The fourth-order valence-corrected chi connectivity index (χ4v) is 1.10. The molecule has 0 unspecified atom stereocenters. The van der Waals surface area contributed by atoms with E-state index in [-0.39, 0.29) is 0 Å². The van der Waals surface area contributed by atoms with E-state index in [2.05, 4.69) is 34.8 Å². The highest BCUT2D eigenvalue weighted by molar-refractivity contribution is 9.10. The van der Waals surface area contributed by atoms with Crippen LogP contribution in [0.2, 0.25) is 0 Å². The molecule has 0 aliphatic rings. The Labute approximate surface area is 81.1 Å². The van der Waals surface area contributed by atoms with Crippen LogP contribution in [0.3, 0.4) is 0 Å². The van der Waals surface area contributed by atoms with Gasteiger partial charge in [0.1, 0.15) is 4.60 Å². The van der Waals surface area contributed by atoms with Gasteiger partial charge in [0, 0.05) is 6.20 Å². The zero-order valence-corrected chi connectivity index (χ0v) is 8.84. The Kier molecular flexibility index (Phi) is 3.53. The Bertz CT molecular complexity index is 250. The van der Waals surface area contributed by atoms with E-state index in [4.69, 9.17) is 4.74 Å². The van der Waals surface area contributed by atoms with Gasteiger partial charge in [-0.3, -0.25) is 0 Å². The van der Waals surface area contributed by atoms with Gasteiger partial charge in [0.15, 0.2) is 5.75 Å². The number of nitrogens with zero attached hydrogens (tertiary/aromatic N) is 1. The van der Waals surface area contributed by atoms with Gasteiger partial charge >= 0.3 is 0 Å². The molecule has 1 heterocycles. The Hall–Kier alpha value is -0.570. The highest BCUT2D eigenvalue weighted by Crippen LogP contribution is 2.21. The van der Waals surface area contributed by atoms with Crippen molar-refractivity contribution in [2.45, 2.75) is 13.8 Å². The van der Waals surface area contributed by atoms with Gasteiger partial charge in [-0.05, 0) is 34.0 Å². The molecule has 0 aliphatic heterocycles. The van der Waals surface area contributed by atoms with Gasteiger partial charge in [0.05, 0.1) is 6.61 Å². The smallest absolute Gasteiger partial charge is 0.152 e. The van der Waals surface area contributed by atoms with E-state index in [1.54, 1.807) is 6.20 Å². The van der Waals surface area contributed by atoms with Crippen LogP contribution in [0.1, 0.15) is 13.8 Å². The van der Waals surface area contributed by atoms with E-state index >= 15 is 0 Å². The first-order chi connectivity index (χ1) is 5.70. The topological polar surface area (TPSA) is 22.1 Å². The number of pyridine rings is 1. The van der Waals surface area contributed by atoms with Crippen LogP contribution < -0.4 is 4.74 Å². The summed E-state index contributed by atoms with van der Waals surface area (Å²) in [6.07, 6.45) is 1.73. The predicted octanol–water partition coefficient (Wildman–Crippen LogP) is 2.88. The summed E-state index contributed by atoms with van der Waals surface area (Å²) in [7, 11) is 0. The minimum absolute atomic E-state index is 0.539. The molecule has 1 aromatic rings. The molecule has 0 radical (unpaired) electrons. The average Bonchev–Trinajstić information content (AvgIpc) is 2.03. The quantitative estimate of drug-likeness (QED) is 0.745. The standard InChI is InChI=1S/C9H12BrNO/c1-7(2)6-12-8-4-3-5-11-9(8)10/h3-5,7H,6H2,1-2H3. The first kappa shape index (κ1) is 9.52. The second kappa shape index (κ2) is 4.45. The summed E-state index contributed by atoms with van der Waals surface area (Å²) in [6.45, 7) is 4.96. The molecule has 0 aromatic carbocycles. The highest BCUT2D eigenvalue weighted by Gasteiger charge is 2.01. The van der Waals surface area contributed by atoms with Crippen LogP contribution in [0.15, 0.2) is 22.9 Å². The van der Waals surface area contributed by atoms with E-state index in [9.17, 15) is 0 Å². The maximum Gasteiger partial charge on any atom is 0.152 e. The molecule has 1 aromatic heterocycles. The third-order valence-electron chi connectivity index (χ3n) is 1.30. The summed E-state index contributed by atoms with van der Waals surface area (Å²) in [5.41, 5.74) is 0. The van der Waals surface area contributed by atoms with Gasteiger partial charge in [0.25, 0.3) is 0 Å². The fraction of sp³-hybridized carbons (Fsp3) is 0.444. The van der Waals surface area contributed by atoms with Crippen molar-refractivity contribution in [1.82, 2.24) is 4.98 Å². The largest absolute Gasteiger partial charge is 0.490 e. The second-order valence-electron chi connectivity index (χ2n) is 3.00. The van der Waals surface area contributed by atoms with Crippen LogP contribution in [0.25, 0.3) is 0 Å². The Morgan fingerprint density at radius 2 is 2.33 bits per heavy atom. The van der Waals surface area contributed by atoms with Crippen molar-refractivity contribution in [3.8, 4) is 5.75 Å². The summed E-state index contributed by atoms with van der Waals surface area (Å²) < 4.78 is 6.26. The van der Waals surface area contributed by atoms with Crippen LogP contribution in [0, 0.1) is 5.92 Å². The maximum absolute atomic E-state index is 5.49. The molecule has 12 heavy (non-hydrogen) atoms. The number of hydrogen-bond donors (Lipinski definition) is 0. The van der Waals surface area contributed by atoms with E-state index in [0.29, 0.717) is 5.92 Å². The highest BCUT2D eigenvalue weighted by atomic mass is 79.9. The van der Waals surface area contributed by atoms with Crippen LogP contribution in [0.5, 0.6) is 5.75 Å². The van der Waals surface area contributed by atoms with E-state index in [0.717, 1.165) is 17.0 Å². The molecule has 1 rings (SSSR count). The summed E-state index contributed by atoms with van der Waals surface area (Å²) >= 11 is 3.31. The number of aromatic nitrogens is 1. The fourth-order valence-electron chi connectivity index (χ4n) is 0.735. The van der Waals surface area contributed by atoms with Crippen LogP contribution >= 0.6 is 15.9 Å². The van der Waals surface area contributed by atoms with Crippen molar-refractivity contribution in [3.05, 3.63) is 22.9 Å². The zero-order chi connectivity index (χ0) is 8.97. The minimum atomic E-state index is 0.539. The summed E-state index contributed by atoms with van der Waals surface area (Å²) in [5.74, 6) is 1.35. The normalized spacial score (nSPS) is 10.3. The molecule has 66 valence electrons. The van der Waals surface area contributed by atoms with Crippen LogP contribution in [0.4, 0.5) is 0 Å².